The Labute approximate surface area is 112 Å². The van der Waals surface area contributed by atoms with Gasteiger partial charge in [-0.05, 0) is 30.5 Å². The first kappa shape index (κ1) is 13.1. The number of rotatable bonds is 5. The molecule has 0 aromatic heterocycles. The zero-order valence-electron chi connectivity index (χ0n) is 10.2. The van der Waals surface area contributed by atoms with Gasteiger partial charge >= 0.3 is 0 Å². The topological polar surface area (TPSA) is 38.0 Å². The molecule has 0 radical (unpaired) electrons. The maximum atomic E-state index is 5.88. The predicted molar refractivity (Wildman–Crippen MR) is 76.2 cm³/mol. The summed E-state index contributed by atoms with van der Waals surface area (Å²) in [7, 11) is 0. The Kier molecular flexibility index (Phi) is 5.01. The molecule has 94 valence electrons. The van der Waals surface area contributed by atoms with Crippen LogP contribution in [0, 0.1) is 0 Å². The molecule has 2 rings (SSSR count). The first-order valence-corrected chi connectivity index (χ1v) is 7.28. The number of hydrogen-bond donors (Lipinski definition) is 2. The van der Waals surface area contributed by atoms with Crippen LogP contribution in [0.15, 0.2) is 28.7 Å². The molecule has 0 saturated heterocycles. The van der Waals surface area contributed by atoms with Crippen LogP contribution in [0.5, 0.6) is 0 Å². The van der Waals surface area contributed by atoms with Crippen LogP contribution in [0.25, 0.3) is 0 Å². The third-order valence-corrected chi connectivity index (χ3v) is 4.11. The molecular formula is C14H21BrN2. The SMILES string of the molecule is NCC(CNC1CCCC1)c1cccc(Br)c1. The lowest BCUT2D eigenvalue weighted by Gasteiger charge is -2.19. The van der Waals surface area contributed by atoms with Crippen molar-refractivity contribution in [2.75, 3.05) is 13.1 Å². The minimum atomic E-state index is 0.424. The van der Waals surface area contributed by atoms with Crippen molar-refractivity contribution in [1.82, 2.24) is 5.32 Å². The van der Waals surface area contributed by atoms with E-state index in [-0.39, 0.29) is 0 Å². The number of nitrogens with two attached hydrogens (primary N) is 1. The normalized spacial score (nSPS) is 18.5. The first-order valence-electron chi connectivity index (χ1n) is 6.48. The zero-order chi connectivity index (χ0) is 12.1. The lowest BCUT2D eigenvalue weighted by molar-refractivity contribution is 0.490. The molecule has 1 aromatic rings. The van der Waals surface area contributed by atoms with Gasteiger partial charge in [0.2, 0.25) is 0 Å². The average molecular weight is 297 g/mol. The molecule has 1 fully saturated rings. The van der Waals surface area contributed by atoms with E-state index in [1.807, 2.05) is 0 Å². The summed E-state index contributed by atoms with van der Waals surface area (Å²) in [6.45, 7) is 1.70. The van der Waals surface area contributed by atoms with Gasteiger partial charge in [-0.1, -0.05) is 40.9 Å². The van der Waals surface area contributed by atoms with Crippen molar-refractivity contribution >= 4 is 15.9 Å². The Morgan fingerprint density at radius 3 is 2.76 bits per heavy atom. The molecule has 1 atom stereocenters. The van der Waals surface area contributed by atoms with Crippen molar-refractivity contribution < 1.29 is 0 Å². The minimum absolute atomic E-state index is 0.424. The van der Waals surface area contributed by atoms with Gasteiger partial charge in [-0.2, -0.15) is 0 Å². The Hall–Kier alpha value is -0.380. The molecule has 1 aromatic carbocycles. The van der Waals surface area contributed by atoms with Crippen molar-refractivity contribution in [3.8, 4) is 0 Å². The van der Waals surface area contributed by atoms with Crippen LogP contribution in [-0.4, -0.2) is 19.1 Å². The number of hydrogen-bond acceptors (Lipinski definition) is 2. The summed E-state index contributed by atoms with van der Waals surface area (Å²) < 4.78 is 1.13. The van der Waals surface area contributed by atoms with Crippen LogP contribution < -0.4 is 11.1 Å². The highest BCUT2D eigenvalue weighted by molar-refractivity contribution is 9.10. The molecule has 1 aliphatic rings. The van der Waals surface area contributed by atoms with E-state index in [1.54, 1.807) is 0 Å². The third-order valence-electron chi connectivity index (χ3n) is 3.61. The van der Waals surface area contributed by atoms with E-state index in [4.69, 9.17) is 5.73 Å². The van der Waals surface area contributed by atoms with Gasteiger partial charge in [0.15, 0.2) is 0 Å². The molecule has 0 heterocycles. The largest absolute Gasteiger partial charge is 0.330 e. The summed E-state index contributed by atoms with van der Waals surface area (Å²) in [5, 5.41) is 3.66. The summed E-state index contributed by atoms with van der Waals surface area (Å²) >= 11 is 3.52. The van der Waals surface area contributed by atoms with Crippen molar-refractivity contribution in [3.63, 3.8) is 0 Å². The lowest BCUT2D eigenvalue weighted by atomic mass is 9.99. The van der Waals surface area contributed by atoms with Crippen molar-refractivity contribution in [1.29, 1.82) is 0 Å². The molecule has 3 heteroatoms. The summed E-state index contributed by atoms with van der Waals surface area (Å²) in [6, 6.07) is 9.20. The van der Waals surface area contributed by atoms with Crippen LogP contribution in [0.2, 0.25) is 0 Å². The average Bonchev–Trinajstić information content (AvgIpc) is 2.83. The van der Waals surface area contributed by atoms with Gasteiger partial charge in [0, 0.05) is 29.5 Å². The zero-order valence-corrected chi connectivity index (χ0v) is 11.7. The Balaban J connectivity index is 1.91. The predicted octanol–water partition coefficient (Wildman–Crippen LogP) is 3.02. The Morgan fingerprint density at radius 2 is 2.12 bits per heavy atom. The van der Waals surface area contributed by atoms with Gasteiger partial charge in [0.25, 0.3) is 0 Å². The highest BCUT2D eigenvalue weighted by atomic mass is 79.9. The van der Waals surface area contributed by atoms with Gasteiger partial charge in [0.1, 0.15) is 0 Å². The third kappa shape index (κ3) is 3.80. The quantitative estimate of drug-likeness (QED) is 0.876. The molecule has 0 bridgehead atoms. The molecule has 1 unspecified atom stereocenters. The van der Waals surface area contributed by atoms with Crippen molar-refractivity contribution in [2.24, 2.45) is 5.73 Å². The van der Waals surface area contributed by atoms with Gasteiger partial charge < -0.3 is 11.1 Å². The Bertz CT molecular complexity index is 348. The van der Waals surface area contributed by atoms with E-state index in [1.165, 1.54) is 31.2 Å². The molecule has 1 saturated carbocycles. The fourth-order valence-electron chi connectivity index (χ4n) is 2.54. The number of benzene rings is 1. The molecule has 1 aliphatic carbocycles. The van der Waals surface area contributed by atoms with E-state index in [0.717, 1.165) is 17.1 Å². The summed E-state index contributed by atoms with van der Waals surface area (Å²) in [4.78, 5) is 0. The molecule has 0 spiro atoms. The second-order valence-electron chi connectivity index (χ2n) is 4.88. The van der Waals surface area contributed by atoms with Crippen molar-refractivity contribution in [3.05, 3.63) is 34.3 Å². The molecule has 2 nitrogen and oxygen atoms in total. The number of halogens is 1. The van der Waals surface area contributed by atoms with Gasteiger partial charge in [0.05, 0.1) is 0 Å². The smallest absolute Gasteiger partial charge is 0.0178 e. The van der Waals surface area contributed by atoms with Gasteiger partial charge in [-0.3, -0.25) is 0 Å². The van der Waals surface area contributed by atoms with Crippen LogP contribution in [-0.2, 0) is 0 Å². The van der Waals surface area contributed by atoms with E-state index in [0.29, 0.717) is 12.5 Å². The fourth-order valence-corrected chi connectivity index (χ4v) is 2.95. The monoisotopic (exact) mass is 296 g/mol. The van der Waals surface area contributed by atoms with E-state index in [9.17, 15) is 0 Å². The van der Waals surface area contributed by atoms with Crippen molar-refractivity contribution in [2.45, 2.75) is 37.6 Å². The highest BCUT2D eigenvalue weighted by Gasteiger charge is 2.16. The minimum Gasteiger partial charge on any atom is -0.330 e. The van der Waals surface area contributed by atoms with E-state index >= 15 is 0 Å². The Morgan fingerprint density at radius 1 is 1.35 bits per heavy atom. The maximum Gasteiger partial charge on any atom is 0.0178 e. The van der Waals surface area contributed by atoms with Crippen LogP contribution >= 0.6 is 15.9 Å². The summed E-state index contributed by atoms with van der Waals surface area (Å²) in [5.74, 6) is 0.424. The van der Waals surface area contributed by atoms with E-state index in [2.05, 4.69) is 45.5 Å². The fraction of sp³-hybridized carbons (Fsp3) is 0.571. The highest BCUT2D eigenvalue weighted by Crippen LogP contribution is 2.21. The first-order chi connectivity index (χ1) is 8.29. The second-order valence-corrected chi connectivity index (χ2v) is 5.79. The standard InChI is InChI=1S/C14H21BrN2/c15-13-5-3-4-11(8-13)12(9-16)10-17-14-6-1-2-7-14/h3-5,8,12,14,17H,1-2,6-7,9-10,16H2. The molecule has 0 aliphatic heterocycles. The van der Waals surface area contributed by atoms with Crippen LogP contribution in [0.1, 0.15) is 37.2 Å². The summed E-state index contributed by atoms with van der Waals surface area (Å²) in [5.41, 5.74) is 7.21. The van der Waals surface area contributed by atoms with E-state index < -0.39 is 0 Å². The maximum absolute atomic E-state index is 5.88. The van der Waals surface area contributed by atoms with Gasteiger partial charge in [-0.25, -0.2) is 0 Å². The number of nitrogens with one attached hydrogen (secondary N) is 1. The molecule has 3 N–H and O–H groups in total. The molecule has 0 amide bonds. The van der Waals surface area contributed by atoms with Crippen LogP contribution in [0.4, 0.5) is 0 Å². The lowest BCUT2D eigenvalue weighted by Crippen LogP contribution is -2.33. The molecule has 17 heavy (non-hydrogen) atoms. The molecular weight excluding hydrogens is 276 g/mol. The van der Waals surface area contributed by atoms with Crippen LogP contribution in [0.3, 0.4) is 0 Å². The van der Waals surface area contributed by atoms with Gasteiger partial charge in [-0.15, -0.1) is 0 Å². The summed E-state index contributed by atoms with van der Waals surface area (Å²) in [6.07, 6.45) is 5.41. The second kappa shape index (κ2) is 6.53.